The van der Waals surface area contributed by atoms with E-state index in [4.69, 9.17) is 46.4 Å². The summed E-state index contributed by atoms with van der Waals surface area (Å²) in [5.41, 5.74) is 2.51. The fraction of sp³-hybridized carbons (Fsp3) is 0.0500. The Morgan fingerprint density at radius 3 is 2.17 bits per heavy atom. The van der Waals surface area contributed by atoms with Gasteiger partial charge in [-0.05, 0) is 37.3 Å². The van der Waals surface area contributed by atoms with E-state index in [1.54, 1.807) is 36.4 Å². The van der Waals surface area contributed by atoms with Gasteiger partial charge in [0.05, 0.1) is 9.92 Å². The van der Waals surface area contributed by atoms with Crippen LogP contribution in [0.5, 0.6) is 0 Å². The number of aryl methyl sites for hydroxylation is 1. The van der Waals surface area contributed by atoms with Gasteiger partial charge >= 0.3 is 0 Å². The van der Waals surface area contributed by atoms with Gasteiger partial charge in [-0.2, -0.15) is 18.4 Å². The number of nitrogens with zero attached hydrogens (tertiary/aromatic N) is 1. The Hall–Kier alpha value is -1.76. The molecule has 0 saturated carbocycles. The molecule has 0 saturated heterocycles. The van der Waals surface area contributed by atoms with E-state index in [1.165, 1.54) is 18.2 Å². The van der Waals surface area contributed by atoms with Crippen molar-refractivity contribution in [2.45, 2.75) is 11.8 Å². The van der Waals surface area contributed by atoms with E-state index in [9.17, 15) is 8.42 Å². The standard InChI is InChI=1S/C20H14Cl4N2O2S/c1-12-6-8-13(9-7-12)29(27,28)26-25-20(24)16-10-15(18(22)11-19(16)23)14-4-2-3-5-17(14)21/h2-11,26H,1H3. The van der Waals surface area contributed by atoms with Gasteiger partial charge in [0.1, 0.15) is 0 Å². The molecule has 4 nitrogen and oxygen atoms in total. The zero-order valence-corrected chi connectivity index (χ0v) is 18.8. The van der Waals surface area contributed by atoms with Gasteiger partial charge in [-0.3, -0.25) is 0 Å². The average molecular weight is 488 g/mol. The molecule has 29 heavy (non-hydrogen) atoms. The van der Waals surface area contributed by atoms with Crippen molar-refractivity contribution in [2.24, 2.45) is 5.10 Å². The van der Waals surface area contributed by atoms with Crippen LogP contribution in [0.3, 0.4) is 0 Å². The Kier molecular flexibility index (Phi) is 6.76. The van der Waals surface area contributed by atoms with Gasteiger partial charge in [0.25, 0.3) is 10.0 Å². The molecule has 0 aromatic heterocycles. The Morgan fingerprint density at radius 1 is 0.862 bits per heavy atom. The molecule has 0 radical (unpaired) electrons. The third kappa shape index (κ3) is 5.05. The van der Waals surface area contributed by atoms with Crippen molar-refractivity contribution in [3.05, 3.63) is 86.9 Å². The summed E-state index contributed by atoms with van der Waals surface area (Å²) in [6, 6.07) is 16.6. The van der Waals surface area contributed by atoms with E-state index in [0.29, 0.717) is 26.7 Å². The minimum absolute atomic E-state index is 0.0651. The van der Waals surface area contributed by atoms with Crippen LogP contribution in [0.4, 0.5) is 0 Å². The number of hydrogen-bond donors (Lipinski definition) is 1. The summed E-state index contributed by atoms with van der Waals surface area (Å²) >= 11 is 25.1. The highest BCUT2D eigenvalue weighted by Crippen LogP contribution is 2.37. The molecular formula is C20H14Cl4N2O2S. The minimum atomic E-state index is -3.88. The molecule has 0 bridgehead atoms. The lowest BCUT2D eigenvalue weighted by molar-refractivity contribution is 0.584. The number of hydrogen-bond acceptors (Lipinski definition) is 3. The Labute approximate surface area is 189 Å². The summed E-state index contributed by atoms with van der Waals surface area (Å²) in [4.78, 5) is 2.18. The van der Waals surface area contributed by atoms with E-state index in [1.807, 2.05) is 13.0 Å². The monoisotopic (exact) mass is 486 g/mol. The number of halogens is 4. The maximum Gasteiger partial charge on any atom is 0.276 e. The highest BCUT2D eigenvalue weighted by Gasteiger charge is 2.17. The summed E-state index contributed by atoms with van der Waals surface area (Å²) in [5.74, 6) is 0. The maximum atomic E-state index is 12.4. The van der Waals surface area contributed by atoms with Gasteiger partial charge in [0.2, 0.25) is 0 Å². The molecule has 0 spiro atoms. The molecule has 0 aliphatic carbocycles. The van der Waals surface area contributed by atoms with Crippen molar-refractivity contribution in [3.63, 3.8) is 0 Å². The fourth-order valence-corrected chi connectivity index (χ4v) is 4.44. The van der Waals surface area contributed by atoms with Gasteiger partial charge in [-0.25, -0.2) is 0 Å². The zero-order chi connectivity index (χ0) is 21.2. The first kappa shape index (κ1) is 21.9. The van der Waals surface area contributed by atoms with Gasteiger partial charge in [-0.1, -0.05) is 82.3 Å². The Bertz CT molecular complexity index is 1190. The number of hydrazone groups is 1. The average Bonchev–Trinajstić information content (AvgIpc) is 2.67. The molecule has 150 valence electrons. The van der Waals surface area contributed by atoms with Crippen molar-refractivity contribution >= 4 is 61.6 Å². The summed E-state index contributed by atoms with van der Waals surface area (Å²) in [5, 5.41) is 4.74. The third-order valence-corrected chi connectivity index (χ3v) is 6.51. The fourth-order valence-electron chi connectivity index (χ4n) is 2.52. The van der Waals surface area contributed by atoms with Crippen LogP contribution < -0.4 is 4.83 Å². The van der Waals surface area contributed by atoms with Gasteiger partial charge in [-0.15, -0.1) is 0 Å². The van der Waals surface area contributed by atoms with Crippen molar-refractivity contribution in [1.82, 2.24) is 4.83 Å². The molecule has 0 atom stereocenters. The number of nitrogens with one attached hydrogen (secondary N) is 1. The topological polar surface area (TPSA) is 58.5 Å². The summed E-state index contributed by atoms with van der Waals surface area (Å²) in [7, 11) is -3.88. The molecule has 0 heterocycles. The third-order valence-electron chi connectivity index (χ3n) is 4.04. The molecule has 3 aromatic carbocycles. The van der Waals surface area contributed by atoms with E-state index in [2.05, 4.69) is 9.93 Å². The second-order valence-electron chi connectivity index (χ2n) is 6.10. The maximum absolute atomic E-state index is 12.4. The first-order valence-electron chi connectivity index (χ1n) is 8.25. The lowest BCUT2D eigenvalue weighted by atomic mass is 10.0. The van der Waals surface area contributed by atoms with Crippen molar-refractivity contribution in [3.8, 4) is 11.1 Å². The van der Waals surface area contributed by atoms with Gasteiger partial charge < -0.3 is 0 Å². The summed E-state index contributed by atoms with van der Waals surface area (Å²) < 4.78 is 24.8. The predicted molar refractivity (Wildman–Crippen MR) is 121 cm³/mol. The van der Waals surface area contributed by atoms with E-state index >= 15 is 0 Å². The number of benzene rings is 3. The number of sulfonamides is 1. The van der Waals surface area contributed by atoms with Crippen molar-refractivity contribution < 1.29 is 8.42 Å². The van der Waals surface area contributed by atoms with Crippen LogP contribution in [0, 0.1) is 6.92 Å². The quantitative estimate of drug-likeness (QED) is 0.329. The first-order chi connectivity index (χ1) is 13.7. The van der Waals surface area contributed by atoms with Crippen LogP contribution in [-0.4, -0.2) is 13.6 Å². The van der Waals surface area contributed by atoms with Crippen LogP contribution in [0.25, 0.3) is 11.1 Å². The second-order valence-corrected chi connectivity index (χ2v) is 9.34. The summed E-state index contributed by atoms with van der Waals surface area (Å²) in [6.45, 7) is 1.86. The second kappa shape index (κ2) is 8.94. The normalized spacial score (nSPS) is 12.1. The number of rotatable bonds is 5. The lowest BCUT2D eigenvalue weighted by Crippen LogP contribution is -2.19. The molecule has 9 heteroatoms. The van der Waals surface area contributed by atoms with E-state index in [-0.39, 0.29) is 15.1 Å². The Morgan fingerprint density at radius 2 is 1.52 bits per heavy atom. The predicted octanol–water partition coefficient (Wildman–Crippen LogP) is 6.50. The van der Waals surface area contributed by atoms with Crippen LogP contribution in [0.1, 0.15) is 11.1 Å². The Balaban J connectivity index is 1.96. The highest BCUT2D eigenvalue weighted by molar-refractivity contribution is 7.89. The van der Waals surface area contributed by atoms with Crippen LogP contribution >= 0.6 is 46.4 Å². The summed E-state index contributed by atoms with van der Waals surface area (Å²) in [6.07, 6.45) is 0. The molecule has 0 unspecified atom stereocenters. The van der Waals surface area contributed by atoms with Crippen LogP contribution in [0.15, 0.2) is 70.7 Å². The van der Waals surface area contributed by atoms with Crippen molar-refractivity contribution in [1.29, 1.82) is 0 Å². The molecule has 1 N–H and O–H groups in total. The van der Waals surface area contributed by atoms with Gasteiger partial charge in [0, 0.05) is 26.7 Å². The lowest BCUT2D eigenvalue weighted by Gasteiger charge is -2.11. The largest absolute Gasteiger partial charge is 0.276 e. The molecule has 0 aliphatic heterocycles. The molecular weight excluding hydrogens is 474 g/mol. The molecule has 3 rings (SSSR count). The zero-order valence-electron chi connectivity index (χ0n) is 15.0. The smallest absolute Gasteiger partial charge is 0.200 e. The van der Waals surface area contributed by atoms with Crippen LogP contribution in [0.2, 0.25) is 15.1 Å². The molecule has 3 aromatic rings. The SMILES string of the molecule is Cc1ccc(S(=O)(=O)NN=C(Cl)c2cc(-c3ccccc3Cl)c(Cl)cc2Cl)cc1. The van der Waals surface area contributed by atoms with E-state index < -0.39 is 10.0 Å². The van der Waals surface area contributed by atoms with Crippen molar-refractivity contribution in [2.75, 3.05) is 0 Å². The van der Waals surface area contributed by atoms with Gasteiger partial charge in [0.15, 0.2) is 5.17 Å². The molecule has 0 aliphatic rings. The van der Waals surface area contributed by atoms with E-state index in [0.717, 1.165) is 5.56 Å². The first-order valence-corrected chi connectivity index (χ1v) is 11.2. The highest BCUT2D eigenvalue weighted by atomic mass is 35.5. The van der Waals surface area contributed by atoms with Crippen LogP contribution in [-0.2, 0) is 10.0 Å². The molecule has 0 fully saturated rings. The molecule has 0 amide bonds. The minimum Gasteiger partial charge on any atom is -0.200 e.